The topological polar surface area (TPSA) is 85.4 Å². The highest BCUT2D eigenvalue weighted by Gasteiger charge is 2.62. The van der Waals surface area contributed by atoms with Crippen molar-refractivity contribution in [2.45, 2.75) is 51.0 Å². The van der Waals surface area contributed by atoms with Gasteiger partial charge in [-0.1, -0.05) is 75.9 Å². The Labute approximate surface area is 213 Å². The highest BCUT2D eigenvalue weighted by Crippen LogP contribution is 2.50. The van der Waals surface area contributed by atoms with Crippen molar-refractivity contribution < 1.29 is 28.4 Å². The van der Waals surface area contributed by atoms with Crippen molar-refractivity contribution in [3.8, 4) is 0 Å². The molecule has 1 atom stereocenters. The Hall–Kier alpha value is -3.43. The first kappa shape index (κ1) is 27.2. The molecule has 0 spiro atoms. The first-order valence-electron chi connectivity index (χ1n) is 11.6. The molecule has 0 fully saturated rings. The molecule has 0 aromatic heterocycles. The Balaban J connectivity index is 2.23. The molecule has 0 aliphatic carbocycles. The molecule has 3 rings (SSSR count). The van der Waals surface area contributed by atoms with Crippen molar-refractivity contribution in [3.63, 3.8) is 0 Å². The van der Waals surface area contributed by atoms with Gasteiger partial charge in [-0.15, -0.1) is 0 Å². The summed E-state index contributed by atoms with van der Waals surface area (Å²) in [7, 11) is 0.0179. The third-order valence-electron chi connectivity index (χ3n) is 6.94. The van der Waals surface area contributed by atoms with E-state index in [0.717, 1.165) is 10.6 Å². The van der Waals surface area contributed by atoms with Crippen LogP contribution >= 0.6 is 0 Å². The SMILES string of the molecule is C=C(C(=O)OC)[C@@]1(N(O[Si](C)(C)C(C)(C)C)C(=O)OCc2ccccc2)C(=O)N(C)c2ccccc21. The van der Waals surface area contributed by atoms with E-state index in [4.69, 9.17) is 14.0 Å². The second-order valence-electron chi connectivity index (χ2n) is 10.2. The van der Waals surface area contributed by atoms with E-state index < -0.39 is 31.8 Å². The molecule has 0 saturated heterocycles. The molecule has 0 bridgehead atoms. The molecule has 1 aliphatic heterocycles. The lowest BCUT2D eigenvalue weighted by molar-refractivity contribution is -0.160. The molecule has 0 N–H and O–H groups in total. The molecule has 36 heavy (non-hydrogen) atoms. The van der Waals surface area contributed by atoms with Crippen LogP contribution in [0.25, 0.3) is 0 Å². The van der Waals surface area contributed by atoms with E-state index in [1.54, 1.807) is 31.3 Å². The molecular formula is C27H34N2O6Si. The molecule has 8 nitrogen and oxygen atoms in total. The average molecular weight is 511 g/mol. The number of nitrogens with zero attached hydrogens (tertiary/aromatic N) is 2. The molecule has 192 valence electrons. The number of esters is 1. The van der Waals surface area contributed by atoms with Gasteiger partial charge >= 0.3 is 12.1 Å². The Morgan fingerprint density at radius 2 is 1.64 bits per heavy atom. The van der Waals surface area contributed by atoms with Gasteiger partial charge in [0.2, 0.25) is 13.9 Å². The zero-order valence-electron chi connectivity index (χ0n) is 22.0. The number of carbonyl (C=O) groups is 3. The number of methoxy groups -OCH3 is 1. The van der Waals surface area contributed by atoms with Crippen molar-refractivity contribution in [2.24, 2.45) is 0 Å². The number of amides is 2. The largest absolute Gasteiger partial charge is 0.466 e. The van der Waals surface area contributed by atoms with Crippen LogP contribution in [0.3, 0.4) is 0 Å². The van der Waals surface area contributed by atoms with Crippen LogP contribution in [-0.4, -0.2) is 45.5 Å². The Bertz CT molecular complexity index is 1170. The smallest absolute Gasteiger partial charge is 0.435 e. The van der Waals surface area contributed by atoms with E-state index >= 15 is 0 Å². The van der Waals surface area contributed by atoms with E-state index in [1.165, 1.54) is 12.0 Å². The fraction of sp³-hybridized carbons (Fsp3) is 0.370. The van der Waals surface area contributed by atoms with Crippen LogP contribution in [0.2, 0.25) is 18.1 Å². The highest BCUT2D eigenvalue weighted by molar-refractivity contribution is 6.74. The number of hydrogen-bond donors (Lipinski definition) is 0. The van der Waals surface area contributed by atoms with Crippen LogP contribution in [0.1, 0.15) is 31.9 Å². The minimum Gasteiger partial charge on any atom is -0.466 e. The van der Waals surface area contributed by atoms with Crippen LogP contribution in [0.15, 0.2) is 66.7 Å². The summed E-state index contributed by atoms with van der Waals surface area (Å²) in [6.45, 7) is 13.8. The van der Waals surface area contributed by atoms with E-state index in [2.05, 4.69) is 6.58 Å². The molecule has 2 amide bonds. The number of rotatable bonds is 7. The van der Waals surface area contributed by atoms with Crippen molar-refractivity contribution in [2.75, 3.05) is 19.1 Å². The number of likely N-dealkylation sites (N-methyl/N-ethyl adjacent to an activating group) is 1. The second-order valence-corrected chi connectivity index (χ2v) is 15.0. The molecular weight excluding hydrogens is 476 g/mol. The molecule has 0 saturated carbocycles. The number of anilines is 1. The molecule has 0 unspecified atom stereocenters. The minimum absolute atomic E-state index is 0.0521. The first-order chi connectivity index (χ1) is 16.8. The maximum absolute atomic E-state index is 14.0. The van der Waals surface area contributed by atoms with Gasteiger partial charge in [-0.3, -0.25) is 4.79 Å². The van der Waals surface area contributed by atoms with Gasteiger partial charge in [0.15, 0.2) is 0 Å². The van der Waals surface area contributed by atoms with Gasteiger partial charge in [-0.25, -0.2) is 9.59 Å². The molecule has 9 heteroatoms. The van der Waals surface area contributed by atoms with Gasteiger partial charge < -0.3 is 18.9 Å². The van der Waals surface area contributed by atoms with Gasteiger partial charge in [-0.2, -0.15) is 5.06 Å². The molecule has 2 aromatic rings. The lowest BCUT2D eigenvalue weighted by Gasteiger charge is -2.45. The van der Waals surface area contributed by atoms with Crippen LogP contribution in [0.4, 0.5) is 10.5 Å². The van der Waals surface area contributed by atoms with Gasteiger partial charge in [0.1, 0.15) is 6.61 Å². The summed E-state index contributed by atoms with van der Waals surface area (Å²) in [6, 6.07) is 16.1. The summed E-state index contributed by atoms with van der Waals surface area (Å²) >= 11 is 0. The quantitative estimate of drug-likeness (QED) is 0.221. The monoisotopic (exact) mass is 510 g/mol. The molecule has 1 aliphatic rings. The molecule has 2 aromatic carbocycles. The average Bonchev–Trinajstić information content (AvgIpc) is 3.07. The Kier molecular flexibility index (Phi) is 7.47. The number of benzene rings is 2. The van der Waals surface area contributed by atoms with E-state index in [0.29, 0.717) is 11.3 Å². The summed E-state index contributed by atoms with van der Waals surface area (Å²) in [5.74, 6) is -1.41. The van der Waals surface area contributed by atoms with E-state index in [1.807, 2.05) is 64.2 Å². The van der Waals surface area contributed by atoms with Crippen molar-refractivity contribution in [3.05, 3.63) is 77.9 Å². The second kappa shape index (κ2) is 9.91. The van der Waals surface area contributed by atoms with E-state index in [9.17, 15) is 14.4 Å². The maximum atomic E-state index is 14.0. The summed E-state index contributed by atoms with van der Waals surface area (Å²) in [5.41, 5.74) is -0.603. The van der Waals surface area contributed by atoms with Gasteiger partial charge in [0, 0.05) is 18.3 Å². The number of hydrogen-bond acceptors (Lipinski definition) is 6. The number of carbonyl (C=O) groups excluding carboxylic acids is 3. The van der Waals surface area contributed by atoms with Crippen LogP contribution in [-0.2, 0) is 35.7 Å². The molecule has 1 heterocycles. The summed E-state index contributed by atoms with van der Waals surface area (Å²) in [6.07, 6.45) is -0.910. The van der Waals surface area contributed by atoms with Crippen LogP contribution in [0, 0.1) is 0 Å². The van der Waals surface area contributed by atoms with Crippen molar-refractivity contribution >= 4 is 32.0 Å². The van der Waals surface area contributed by atoms with Crippen LogP contribution < -0.4 is 4.90 Å². The summed E-state index contributed by atoms with van der Waals surface area (Å²) in [5, 5.41) is 0.586. The third-order valence-corrected chi connectivity index (χ3v) is 11.2. The Morgan fingerprint density at radius 1 is 1.06 bits per heavy atom. The maximum Gasteiger partial charge on any atom is 0.435 e. The number of hydroxylamine groups is 2. The minimum atomic E-state index is -2.76. The Morgan fingerprint density at radius 3 is 2.22 bits per heavy atom. The lowest BCUT2D eigenvalue weighted by Crippen LogP contribution is -2.61. The first-order valence-corrected chi connectivity index (χ1v) is 14.5. The predicted octanol–water partition coefficient (Wildman–Crippen LogP) is 5.16. The van der Waals surface area contributed by atoms with Crippen molar-refractivity contribution in [1.29, 1.82) is 0 Å². The molecule has 0 radical (unpaired) electrons. The number of fused-ring (bicyclic) bond motifs is 1. The van der Waals surface area contributed by atoms with Crippen LogP contribution in [0.5, 0.6) is 0 Å². The zero-order valence-corrected chi connectivity index (χ0v) is 23.0. The highest BCUT2D eigenvalue weighted by atomic mass is 28.4. The predicted molar refractivity (Wildman–Crippen MR) is 139 cm³/mol. The number of para-hydroxylation sites is 1. The standard InChI is InChI=1S/C27H34N2O6Si/c1-19(23(30)33-6)27(21-16-12-13-17-22(21)28(5)24(27)31)29(35-36(7,8)26(2,3)4)25(32)34-18-20-14-10-9-11-15-20/h9-17H,1,18H2,2-8H3/t27-/m0/s1. The summed E-state index contributed by atoms with van der Waals surface area (Å²) in [4.78, 5) is 42.2. The number of ether oxygens (including phenoxy) is 2. The third kappa shape index (κ3) is 4.56. The fourth-order valence-corrected chi connectivity index (χ4v) is 4.75. The lowest BCUT2D eigenvalue weighted by atomic mass is 9.83. The zero-order chi connectivity index (χ0) is 26.9. The van der Waals surface area contributed by atoms with Crippen molar-refractivity contribution in [1.82, 2.24) is 5.06 Å². The normalized spacial score (nSPS) is 17.4. The fourth-order valence-electron chi connectivity index (χ4n) is 3.81. The van der Waals surface area contributed by atoms with Gasteiger partial charge in [-0.05, 0) is 29.8 Å². The van der Waals surface area contributed by atoms with Gasteiger partial charge in [0.05, 0.1) is 12.7 Å². The van der Waals surface area contributed by atoms with Gasteiger partial charge in [0.25, 0.3) is 5.91 Å². The summed E-state index contributed by atoms with van der Waals surface area (Å²) < 4.78 is 17.2. The van der Waals surface area contributed by atoms with E-state index in [-0.39, 0.29) is 17.2 Å².